The van der Waals surface area contributed by atoms with Crippen LogP contribution in [0.5, 0.6) is 5.75 Å². The van der Waals surface area contributed by atoms with Crippen molar-refractivity contribution in [2.45, 2.75) is 19.6 Å². The molecule has 0 aliphatic rings. The molecule has 1 atom stereocenters. The number of rotatable bonds is 4. The van der Waals surface area contributed by atoms with E-state index in [1.165, 1.54) is 0 Å². The van der Waals surface area contributed by atoms with E-state index in [0.29, 0.717) is 6.61 Å². The van der Waals surface area contributed by atoms with Gasteiger partial charge in [-0.1, -0.05) is 30.3 Å². The number of hydrogen-bond acceptors (Lipinski definition) is 3. The van der Waals surface area contributed by atoms with E-state index >= 15 is 0 Å². The third kappa shape index (κ3) is 3.03. The first-order valence-corrected chi connectivity index (χ1v) is 6.97. The van der Waals surface area contributed by atoms with Crippen LogP contribution in [0.25, 0.3) is 10.9 Å². The van der Waals surface area contributed by atoms with E-state index in [2.05, 4.69) is 4.98 Å². The molecule has 3 rings (SSSR count). The van der Waals surface area contributed by atoms with Gasteiger partial charge in [-0.3, -0.25) is 4.98 Å². The summed E-state index contributed by atoms with van der Waals surface area (Å²) in [4.78, 5) is 4.35. The van der Waals surface area contributed by atoms with Crippen molar-refractivity contribution in [2.24, 2.45) is 0 Å². The predicted octanol–water partition coefficient (Wildman–Crippen LogP) is 3.87. The first kappa shape index (κ1) is 13.6. The van der Waals surface area contributed by atoms with Gasteiger partial charge in [-0.2, -0.15) is 0 Å². The molecule has 0 saturated carbocycles. The maximum Gasteiger partial charge on any atom is 0.120 e. The van der Waals surface area contributed by atoms with Crippen LogP contribution in [0.15, 0.2) is 60.8 Å². The van der Waals surface area contributed by atoms with Crippen molar-refractivity contribution in [2.75, 3.05) is 0 Å². The Labute approximate surface area is 123 Å². The number of ether oxygens (including phenoxy) is 1. The Balaban J connectivity index is 1.82. The fourth-order valence-corrected chi connectivity index (χ4v) is 2.31. The Morgan fingerprint density at radius 2 is 1.95 bits per heavy atom. The van der Waals surface area contributed by atoms with Gasteiger partial charge in [0.2, 0.25) is 0 Å². The van der Waals surface area contributed by atoms with Gasteiger partial charge in [-0.05, 0) is 36.8 Å². The summed E-state index contributed by atoms with van der Waals surface area (Å²) >= 11 is 0. The van der Waals surface area contributed by atoms with Crippen molar-refractivity contribution in [3.8, 4) is 5.75 Å². The van der Waals surface area contributed by atoms with E-state index in [1.54, 1.807) is 13.1 Å². The van der Waals surface area contributed by atoms with Crippen molar-refractivity contribution in [1.29, 1.82) is 0 Å². The maximum absolute atomic E-state index is 9.61. The predicted molar refractivity (Wildman–Crippen MR) is 83.2 cm³/mol. The van der Waals surface area contributed by atoms with Crippen molar-refractivity contribution in [3.63, 3.8) is 0 Å². The van der Waals surface area contributed by atoms with Crippen LogP contribution in [0.3, 0.4) is 0 Å². The molecule has 0 bridgehead atoms. The van der Waals surface area contributed by atoms with E-state index in [4.69, 9.17) is 4.74 Å². The van der Waals surface area contributed by atoms with Crippen LogP contribution >= 0.6 is 0 Å². The average molecular weight is 279 g/mol. The van der Waals surface area contributed by atoms with Gasteiger partial charge in [0.15, 0.2) is 0 Å². The Bertz CT molecular complexity index is 748. The number of fused-ring (bicyclic) bond motifs is 1. The molecule has 1 aromatic heterocycles. The molecule has 0 unspecified atom stereocenters. The quantitative estimate of drug-likeness (QED) is 0.788. The van der Waals surface area contributed by atoms with Crippen LogP contribution in [0, 0.1) is 0 Å². The smallest absolute Gasteiger partial charge is 0.120 e. The van der Waals surface area contributed by atoms with Crippen LogP contribution in [0.1, 0.15) is 24.2 Å². The minimum absolute atomic E-state index is 0.478. The molecule has 1 heterocycles. The molecule has 3 aromatic rings. The highest BCUT2D eigenvalue weighted by Gasteiger charge is 2.05. The first-order valence-electron chi connectivity index (χ1n) is 6.97. The Morgan fingerprint density at radius 1 is 1.10 bits per heavy atom. The number of benzene rings is 2. The van der Waals surface area contributed by atoms with E-state index < -0.39 is 6.10 Å². The van der Waals surface area contributed by atoms with Crippen LogP contribution in [-0.2, 0) is 6.61 Å². The molecule has 106 valence electrons. The highest BCUT2D eigenvalue weighted by molar-refractivity contribution is 5.81. The standard InChI is InChI=1S/C18H17NO2/c1-13(20)14-5-4-6-16(11-14)21-12-15-9-10-19-18-8-3-2-7-17(15)18/h2-11,13,20H,12H2,1H3/t13-/m0/s1. The summed E-state index contributed by atoms with van der Waals surface area (Å²) in [6.45, 7) is 2.22. The minimum Gasteiger partial charge on any atom is -0.489 e. The molecule has 0 fully saturated rings. The molecule has 0 aliphatic carbocycles. The number of pyridine rings is 1. The van der Waals surface area contributed by atoms with Gasteiger partial charge in [0.05, 0.1) is 11.6 Å². The molecule has 3 nitrogen and oxygen atoms in total. The van der Waals surface area contributed by atoms with Crippen LogP contribution in [0.4, 0.5) is 0 Å². The Kier molecular flexibility index (Phi) is 3.84. The highest BCUT2D eigenvalue weighted by atomic mass is 16.5. The minimum atomic E-state index is -0.490. The summed E-state index contributed by atoms with van der Waals surface area (Å²) in [5, 5.41) is 10.7. The van der Waals surface area contributed by atoms with Gasteiger partial charge in [-0.15, -0.1) is 0 Å². The number of nitrogens with zero attached hydrogens (tertiary/aromatic N) is 1. The van der Waals surface area contributed by atoms with Gasteiger partial charge in [0.1, 0.15) is 12.4 Å². The summed E-state index contributed by atoms with van der Waals surface area (Å²) in [5.74, 6) is 0.759. The zero-order valence-corrected chi connectivity index (χ0v) is 11.9. The monoisotopic (exact) mass is 279 g/mol. The number of aromatic nitrogens is 1. The number of hydrogen-bond donors (Lipinski definition) is 1. The lowest BCUT2D eigenvalue weighted by Crippen LogP contribution is -1.98. The SMILES string of the molecule is C[C@H](O)c1cccc(OCc2ccnc3ccccc23)c1. The molecule has 3 heteroatoms. The first-order chi connectivity index (χ1) is 10.2. The topological polar surface area (TPSA) is 42.4 Å². The molecule has 1 N–H and O–H groups in total. The fourth-order valence-electron chi connectivity index (χ4n) is 2.31. The summed E-state index contributed by atoms with van der Waals surface area (Å²) in [5.41, 5.74) is 2.92. The molecule has 0 radical (unpaired) electrons. The second kappa shape index (κ2) is 5.94. The Hall–Kier alpha value is -2.39. The van der Waals surface area contributed by atoms with Crippen molar-refractivity contribution >= 4 is 10.9 Å². The van der Waals surface area contributed by atoms with E-state index in [1.807, 2.05) is 54.6 Å². The summed E-state index contributed by atoms with van der Waals surface area (Å²) in [7, 11) is 0. The Morgan fingerprint density at radius 3 is 2.81 bits per heavy atom. The van der Waals surface area contributed by atoms with E-state index in [0.717, 1.165) is 27.8 Å². The second-order valence-electron chi connectivity index (χ2n) is 5.02. The zero-order valence-electron chi connectivity index (χ0n) is 11.9. The fraction of sp³-hybridized carbons (Fsp3) is 0.167. The van der Waals surface area contributed by atoms with Crippen molar-refractivity contribution in [3.05, 3.63) is 71.9 Å². The number of aliphatic hydroxyl groups excluding tert-OH is 1. The molecule has 0 spiro atoms. The van der Waals surface area contributed by atoms with Gasteiger partial charge in [0.25, 0.3) is 0 Å². The summed E-state index contributed by atoms with van der Waals surface area (Å²) < 4.78 is 5.85. The van der Waals surface area contributed by atoms with E-state index in [9.17, 15) is 5.11 Å². The van der Waals surface area contributed by atoms with Crippen molar-refractivity contribution < 1.29 is 9.84 Å². The second-order valence-corrected chi connectivity index (χ2v) is 5.02. The third-order valence-corrected chi connectivity index (χ3v) is 3.47. The van der Waals surface area contributed by atoms with Gasteiger partial charge < -0.3 is 9.84 Å². The van der Waals surface area contributed by atoms with Gasteiger partial charge in [-0.25, -0.2) is 0 Å². The molecular weight excluding hydrogens is 262 g/mol. The molecule has 0 amide bonds. The molecule has 21 heavy (non-hydrogen) atoms. The number of aliphatic hydroxyl groups is 1. The molecule has 0 saturated heterocycles. The van der Waals surface area contributed by atoms with Crippen LogP contribution in [-0.4, -0.2) is 10.1 Å². The largest absolute Gasteiger partial charge is 0.489 e. The normalized spacial score (nSPS) is 12.3. The third-order valence-electron chi connectivity index (χ3n) is 3.47. The van der Waals surface area contributed by atoms with Crippen molar-refractivity contribution in [1.82, 2.24) is 4.98 Å². The molecule has 2 aromatic carbocycles. The number of para-hydroxylation sites is 1. The zero-order chi connectivity index (χ0) is 14.7. The summed E-state index contributed by atoms with van der Waals surface area (Å²) in [6.07, 6.45) is 1.31. The lowest BCUT2D eigenvalue weighted by Gasteiger charge is -2.11. The van der Waals surface area contributed by atoms with Crippen LogP contribution in [0.2, 0.25) is 0 Å². The molecule has 0 aliphatic heterocycles. The van der Waals surface area contributed by atoms with Gasteiger partial charge in [0, 0.05) is 17.1 Å². The van der Waals surface area contributed by atoms with E-state index in [-0.39, 0.29) is 0 Å². The lowest BCUT2D eigenvalue weighted by atomic mass is 10.1. The van der Waals surface area contributed by atoms with Gasteiger partial charge >= 0.3 is 0 Å². The molecular formula is C18H17NO2. The van der Waals surface area contributed by atoms with Crippen LogP contribution < -0.4 is 4.74 Å². The highest BCUT2D eigenvalue weighted by Crippen LogP contribution is 2.22. The lowest BCUT2D eigenvalue weighted by molar-refractivity contribution is 0.198. The average Bonchev–Trinajstić information content (AvgIpc) is 2.53. The maximum atomic E-state index is 9.61. The summed E-state index contributed by atoms with van der Waals surface area (Å²) in [6, 6.07) is 17.5.